The smallest absolute Gasteiger partial charge is 0.252 e. The number of rotatable bonds is 5. The van der Waals surface area contributed by atoms with Crippen LogP contribution in [0.15, 0.2) is 31.2 Å². The molecule has 0 saturated carbocycles. The topological polar surface area (TPSA) is 92.6 Å². The molecule has 0 spiro atoms. The largest absolute Gasteiger partial charge is 0.269 e. The van der Waals surface area contributed by atoms with E-state index in [1.807, 2.05) is 6.92 Å². The molecular formula is C14H19BrN4O4S3. The third-order valence-electron chi connectivity index (χ3n) is 4.32. The van der Waals surface area contributed by atoms with Crippen molar-refractivity contribution in [3.05, 3.63) is 27.8 Å². The Bertz CT molecular complexity index is 1000. The summed E-state index contributed by atoms with van der Waals surface area (Å²) in [5, 5.41) is 4.09. The number of thiophene rings is 1. The first kappa shape index (κ1) is 20.0. The molecular weight excluding hydrogens is 464 g/mol. The SMILES string of the molecule is CCn1ncc(S(=O)(=O)N2CCN(S(=O)(=O)c3ccc(Br)s3)CC2)c1C. The summed E-state index contributed by atoms with van der Waals surface area (Å²) in [5.41, 5.74) is 0.589. The molecule has 1 fully saturated rings. The Morgan fingerprint density at radius 2 is 1.65 bits per heavy atom. The van der Waals surface area contributed by atoms with Gasteiger partial charge in [-0.1, -0.05) is 0 Å². The number of aryl methyl sites for hydroxylation is 1. The lowest BCUT2D eigenvalue weighted by molar-refractivity contribution is 0.273. The fourth-order valence-corrected chi connectivity index (χ4v) is 8.02. The third-order valence-corrected chi connectivity index (χ3v) is 10.3. The maximum Gasteiger partial charge on any atom is 0.252 e. The number of hydrogen-bond donors (Lipinski definition) is 0. The van der Waals surface area contributed by atoms with Gasteiger partial charge in [-0.2, -0.15) is 13.7 Å². The van der Waals surface area contributed by atoms with Crippen LogP contribution < -0.4 is 0 Å². The third kappa shape index (κ3) is 3.50. The second-order valence-corrected chi connectivity index (χ2v) is 12.3. The standard InChI is InChI=1S/C14H19BrN4O4S3/c1-3-19-11(2)12(10-16-19)25(20,21)17-6-8-18(9-7-17)26(22,23)14-5-4-13(15)24-14/h4-5,10H,3,6-9H2,1-2H3. The first-order valence-electron chi connectivity index (χ1n) is 7.96. The maximum absolute atomic E-state index is 12.9. The highest BCUT2D eigenvalue weighted by atomic mass is 79.9. The van der Waals surface area contributed by atoms with Gasteiger partial charge in [-0.15, -0.1) is 11.3 Å². The van der Waals surface area contributed by atoms with Crippen LogP contribution in [0.5, 0.6) is 0 Å². The monoisotopic (exact) mass is 482 g/mol. The Kier molecular flexibility index (Phi) is 5.62. The normalized spacial score (nSPS) is 17.7. The Morgan fingerprint density at radius 1 is 1.08 bits per heavy atom. The second-order valence-electron chi connectivity index (χ2n) is 5.78. The highest BCUT2D eigenvalue weighted by Crippen LogP contribution is 2.29. The molecule has 26 heavy (non-hydrogen) atoms. The molecule has 0 atom stereocenters. The summed E-state index contributed by atoms with van der Waals surface area (Å²) in [6, 6.07) is 3.24. The molecule has 1 aliphatic rings. The van der Waals surface area contributed by atoms with E-state index in [4.69, 9.17) is 0 Å². The van der Waals surface area contributed by atoms with Gasteiger partial charge in [0.15, 0.2) is 0 Å². The van der Waals surface area contributed by atoms with Gasteiger partial charge in [-0.25, -0.2) is 16.8 Å². The van der Waals surface area contributed by atoms with E-state index >= 15 is 0 Å². The van der Waals surface area contributed by atoms with Gasteiger partial charge in [0.25, 0.3) is 10.0 Å². The Hall–Kier alpha value is -0.790. The van der Waals surface area contributed by atoms with E-state index in [0.717, 1.165) is 15.1 Å². The van der Waals surface area contributed by atoms with Gasteiger partial charge in [0, 0.05) is 32.7 Å². The molecule has 12 heteroatoms. The number of nitrogens with zero attached hydrogens (tertiary/aromatic N) is 4. The molecule has 1 saturated heterocycles. The molecule has 0 radical (unpaired) electrons. The number of halogens is 1. The fraction of sp³-hybridized carbons (Fsp3) is 0.500. The van der Waals surface area contributed by atoms with Gasteiger partial charge in [0.2, 0.25) is 10.0 Å². The fourth-order valence-electron chi connectivity index (χ4n) is 2.85. The number of piperazine rings is 1. The summed E-state index contributed by atoms with van der Waals surface area (Å²) in [5.74, 6) is 0. The van der Waals surface area contributed by atoms with Crippen LogP contribution in [-0.2, 0) is 26.6 Å². The van der Waals surface area contributed by atoms with Crippen molar-refractivity contribution in [2.24, 2.45) is 0 Å². The number of hydrogen-bond acceptors (Lipinski definition) is 6. The average Bonchev–Trinajstić information content (AvgIpc) is 3.21. The van der Waals surface area contributed by atoms with Crippen LogP contribution in [0.25, 0.3) is 0 Å². The van der Waals surface area contributed by atoms with Crippen molar-refractivity contribution in [1.29, 1.82) is 0 Å². The summed E-state index contributed by atoms with van der Waals surface area (Å²) in [7, 11) is -7.29. The van der Waals surface area contributed by atoms with Crippen molar-refractivity contribution < 1.29 is 16.8 Å². The zero-order valence-electron chi connectivity index (χ0n) is 14.3. The van der Waals surface area contributed by atoms with Crippen molar-refractivity contribution in [3.8, 4) is 0 Å². The minimum atomic E-state index is -3.69. The summed E-state index contributed by atoms with van der Waals surface area (Å²) in [6.45, 7) is 4.68. The summed E-state index contributed by atoms with van der Waals surface area (Å²) in [6.07, 6.45) is 1.36. The van der Waals surface area contributed by atoms with Gasteiger partial charge in [-0.05, 0) is 41.9 Å². The van der Waals surface area contributed by atoms with E-state index in [9.17, 15) is 16.8 Å². The molecule has 144 valence electrons. The van der Waals surface area contributed by atoms with Crippen LogP contribution in [-0.4, -0.2) is 61.4 Å². The van der Waals surface area contributed by atoms with Crippen LogP contribution in [0.4, 0.5) is 0 Å². The van der Waals surface area contributed by atoms with Crippen molar-refractivity contribution in [3.63, 3.8) is 0 Å². The van der Waals surface area contributed by atoms with Gasteiger partial charge < -0.3 is 0 Å². The Morgan fingerprint density at radius 3 is 2.12 bits per heavy atom. The molecule has 3 heterocycles. The van der Waals surface area contributed by atoms with Crippen molar-refractivity contribution in [2.45, 2.75) is 29.5 Å². The Balaban J connectivity index is 1.76. The van der Waals surface area contributed by atoms with E-state index in [2.05, 4.69) is 21.0 Å². The molecule has 0 bridgehead atoms. The number of aromatic nitrogens is 2. The molecule has 0 amide bonds. The van der Waals surface area contributed by atoms with Crippen LogP contribution in [0, 0.1) is 6.92 Å². The van der Waals surface area contributed by atoms with Gasteiger partial charge in [0.05, 0.1) is 15.7 Å². The lowest BCUT2D eigenvalue weighted by Crippen LogP contribution is -2.50. The van der Waals surface area contributed by atoms with Crippen LogP contribution in [0.1, 0.15) is 12.6 Å². The molecule has 0 aromatic carbocycles. The maximum atomic E-state index is 12.9. The molecule has 0 unspecified atom stereocenters. The number of sulfonamides is 2. The summed E-state index contributed by atoms with van der Waals surface area (Å²) in [4.78, 5) is 0.179. The van der Waals surface area contributed by atoms with Crippen molar-refractivity contribution in [2.75, 3.05) is 26.2 Å². The van der Waals surface area contributed by atoms with Gasteiger partial charge in [-0.3, -0.25) is 4.68 Å². The van der Waals surface area contributed by atoms with E-state index in [0.29, 0.717) is 12.2 Å². The first-order chi connectivity index (χ1) is 12.2. The van der Waals surface area contributed by atoms with Crippen LogP contribution in [0.3, 0.4) is 0 Å². The van der Waals surface area contributed by atoms with Crippen LogP contribution in [0.2, 0.25) is 0 Å². The summed E-state index contributed by atoms with van der Waals surface area (Å²) < 4.78 is 56.3. The molecule has 0 N–H and O–H groups in total. The lowest BCUT2D eigenvalue weighted by atomic mass is 10.4. The minimum absolute atomic E-state index is 0.116. The zero-order chi connectivity index (χ0) is 19.1. The molecule has 0 aliphatic carbocycles. The molecule has 8 nitrogen and oxygen atoms in total. The molecule has 3 rings (SSSR count). The van der Waals surface area contributed by atoms with E-state index in [1.165, 1.54) is 14.8 Å². The Labute approximate surface area is 165 Å². The molecule has 2 aromatic rings. The summed E-state index contributed by atoms with van der Waals surface area (Å²) >= 11 is 4.41. The van der Waals surface area contributed by atoms with Gasteiger partial charge in [0.1, 0.15) is 9.10 Å². The van der Waals surface area contributed by atoms with Crippen molar-refractivity contribution in [1.82, 2.24) is 18.4 Å². The predicted molar refractivity (Wildman–Crippen MR) is 102 cm³/mol. The quantitative estimate of drug-likeness (QED) is 0.646. The predicted octanol–water partition coefficient (Wildman–Crippen LogP) is 1.73. The lowest BCUT2D eigenvalue weighted by Gasteiger charge is -2.32. The second kappa shape index (κ2) is 7.32. The van der Waals surface area contributed by atoms with E-state index in [-0.39, 0.29) is 35.3 Å². The molecule has 1 aliphatic heterocycles. The van der Waals surface area contributed by atoms with E-state index < -0.39 is 20.0 Å². The highest BCUT2D eigenvalue weighted by molar-refractivity contribution is 9.11. The van der Waals surface area contributed by atoms with Gasteiger partial charge >= 0.3 is 0 Å². The minimum Gasteiger partial charge on any atom is -0.269 e. The first-order valence-corrected chi connectivity index (χ1v) is 12.4. The average molecular weight is 483 g/mol. The zero-order valence-corrected chi connectivity index (χ0v) is 18.3. The molecule has 2 aromatic heterocycles. The van der Waals surface area contributed by atoms with Crippen LogP contribution >= 0.6 is 27.3 Å². The van der Waals surface area contributed by atoms with E-state index in [1.54, 1.807) is 23.7 Å². The van der Waals surface area contributed by atoms with Crippen molar-refractivity contribution >= 4 is 47.3 Å². The highest BCUT2D eigenvalue weighted by Gasteiger charge is 2.35.